The van der Waals surface area contributed by atoms with Crippen LogP contribution in [0.3, 0.4) is 0 Å². The average Bonchev–Trinajstić information content (AvgIpc) is 2.78. The number of rotatable bonds is 8. The minimum absolute atomic E-state index is 0.138. The Bertz CT molecular complexity index is 1010. The summed E-state index contributed by atoms with van der Waals surface area (Å²) in [7, 11) is 0. The summed E-state index contributed by atoms with van der Waals surface area (Å²) < 4.78 is 44.2. The zero-order valence-electron chi connectivity index (χ0n) is 17.9. The van der Waals surface area contributed by atoms with Crippen LogP contribution in [0.2, 0.25) is 0 Å². The molecule has 0 heterocycles. The van der Waals surface area contributed by atoms with Crippen molar-refractivity contribution in [1.29, 1.82) is 0 Å². The molecule has 2 aromatic carbocycles. The second kappa shape index (κ2) is 11.7. The van der Waals surface area contributed by atoms with Crippen molar-refractivity contribution in [3.05, 3.63) is 59.7 Å². The lowest BCUT2D eigenvalue weighted by Gasteiger charge is -2.13. The smallest absolute Gasteiger partial charge is 0.418 e. The number of carbonyl (C=O) groups excluding carboxylic acids is 3. The second-order valence-electron chi connectivity index (χ2n) is 6.93. The van der Waals surface area contributed by atoms with Crippen LogP contribution in [0.1, 0.15) is 31.4 Å². The van der Waals surface area contributed by atoms with E-state index in [-0.39, 0.29) is 11.7 Å². The van der Waals surface area contributed by atoms with Crippen molar-refractivity contribution in [1.82, 2.24) is 10.7 Å². The van der Waals surface area contributed by atoms with Crippen molar-refractivity contribution >= 4 is 29.6 Å². The summed E-state index contributed by atoms with van der Waals surface area (Å²) >= 11 is 0. The van der Waals surface area contributed by atoms with E-state index in [0.29, 0.717) is 17.7 Å². The Morgan fingerprint density at radius 1 is 1.06 bits per heavy atom. The van der Waals surface area contributed by atoms with Gasteiger partial charge in [0.1, 0.15) is 5.75 Å². The van der Waals surface area contributed by atoms with Crippen molar-refractivity contribution in [3.63, 3.8) is 0 Å². The molecule has 2 aromatic rings. The van der Waals surface area contributed by atoms with Crippen molar-refractivity contribution in [2.45, 2.75) is 32.5 Å². The molecule has 0 radical (unpaired) electrons. The molecule has 8 nitrogen and oxygen atoms in total. The third kappa shape index (κ3) is 8.28. The van der Waals surface area contributed by atoms with Crippen LogP contribution in [0.15, 0.2) is 53.6 Å². The predicted octanol–water partition coefficient (Wildman–Crippen LogP) is 3.09. The quantitative estimate of drug-likeness (QED) is 0.317. The van der Waals surface area contributed by atoms with Gasteiger partial charge in [-0.15, -0.1) is 0 Å². The second-order valence-corrected chi connectivity index (χ2v) is 6.93. The van der Waals surface area contributed by atoms with E-state index in [1.807, 2.05) is 6.92 Å². The van der Waals surface area contributed by atoms with Crippen LogP contribution in [-0.2, 0) is 20.6 Å². The molecular weight excluding hydrogens is 441 g/mol. The summed E-state index contributed by atoms with van der Waals surface area (Å²) in [6, 6.07) is 10.7. The molecule has 0 saturated heterocycles. The van der Waals surface area contributed by atoms with Crippen LogP contribution >= 0.6 is 0 Å². The molecule has 33 heavy (non-hydrogen) atoms. The van der Waals surface area contributed by atoms with Gasteiger partial charge in [0.05, 0.1) is 17.5 Å². The molecule has 3 amide bonds. The van der Waals surface area contributed by atoms with Crippen LogP contribution in [0.4, 0.5) is 18.9 Å². The molecule has 1 atom stereocenters. The molecule has 0 unspecified atom stereocenters. The molecule has 176 valence electrons. The fourth-order valence-corrected chi connectivity index (χ4v) is 2.43. The molecule has 0 fully saturated rings. The number of anilines is 1. The number of benzene rings is 2. The number of amides is 3. The summed E-state index contributed by atoms with van der Waals surface area (Å²) in [6.45, 7) is 3.14. The monoisotopic (exact) mass is 464 g/mol. The van der Waals surface area contributed by atoms with E-state index in [1.54, 1.807) is 19.1 Å². The molecule has 11 heteroatoms. The van der Waals surface area contributed by atoms with Crippen LogP contribution in [0, 0.1) is 0 Å². The van der Waals surface area contributed by atoms with Gasteiger partial charge in [0.25, 0.3) is 5.91 Å². The van der Waals surface area contributed by atoms with Gasteiger partial charge in [-0.3, -0.25) is 14.4 Å². The zero-order valence-corrected chi connectivity index (χ0v) is 17.9. The number of hydrogen-bond acceptors (Lipinski definition) is 5. The summed E-state index contributed by atoms with van der Waals surface area (Å²) in [5, 5.41) is 8.38. The summed E-state index contributed by atoms with van der Waals surface area (Å²) in [4.78, 5) is 35.2. The Morgan fingerprint density at radius 3 is 2.36 bits per heavy atom. The maximum Gasteiger partial charge on any atom is 0.418 e. The van der Waals surface area contributed by atoms with E-state index in [1.165, 1.54) is 30.5 Å². The summed E-state index contributed by atoms with van der Waals surface area (Å²) in [5.41, 5.74) is 1.36. The van der Waals surface area contributed by atoms with E-state index in [2.05, 4.69) is 21.2 Å². The number of alkyl halides is 3. The highest BCUT2D eigenvalue weighted by Crippen LogP contribution is 2.34. The molecule has 2 rings (SSSR count). The maximum absolute atomic E-state index is 13.0. The fourth-order valence-electron chi connectivity index (χ4n) is 2.43. The summed E-state index contributed by atoms with van der Waals surface area (Å²) in [5.74, 6) is -2.15. The minimum Gasteiger partial charge on any atom is -0.484 e. The lowest BCUT2D eigenvalue weighted by molar-refractivity contribution is -0.139. The first-order valence-electron chi connectivity index (χ1n) is 9.93. The Balaban J connectivity index is 1.84. The van der Waals surface area contributed by atoms with Gasteiger partial charge in [0.15, 0.2) is 6.61 Å². The number of ether oxygens (including phenoxy) is 1. The number of halogens is 3. The first-order chi connectivity index (χ1) is 15.6. The van der Waals surface area contributed by atoms with E-state index in [9.17, 15) is 27.6 Å². The third-order valence-corrected chi connectivity index (χ3v) is 4.33. The van der Waals surface area contributed by atoms with Crippen molar-refractivity contribution in [2.24, 2.45) is 5.10 Å². The van der Waals surface area contributed by atoms with Crippen molar-refractivity contribution in [2.75, 3.05) is 11.9 Å². The molecule has 0 bridgehead atoms. The van der Waals surface area contributed by atoms with Crippen molar-refractivity contribution < 1.29 is 32.3 Å². The fraction of sp³-hybridized carbons (Fsp3) is 0.273. The van der Waals surface area contributed by atoms with E-state index >= 15 is 0 Å². The van der Waals surface area contributed by atoms with Gasteiger partial charge in [0, 0.05) is 6.04 Å². The molecule has 0 aromatic heterocycles. The lowest BCUT2D eigenvalue weighted by Crippen LogP contribution is -2.41. The molecule has 0 spiro atoms. The normalized spacial score (nSPS) is 12.2. The van der Waals surface area contributed by atoms with Crippen LogP contribution in [0.25, 0.3) is 0 Å². The van der Waals surface area contributed by atoms with Gasteiger partial charge in [0.2, 0.25) is 0 Å². The SMILES string of the molecule is CC[C@@H](C)NC(=O)C(=O)N/N=C\c1ccc(OCC(=O)Nc2ccccc2C(F)(F)F)cc1. The molecular formula is C22H23F3N4O4. The van der Waals surface area contributed by atoms with Gasteiger partial charge in [-0.05, 0) is 55.3 Å². The standard InChI is InChI=1S/C22H23F3N4O4/c1-3-14(2)27-20(31)21(32)29-26-12-15-8-10-16(11-9-15)33-13-19(30)28-18-7-5-4-6-17(18)22(23,24)25/h4-12,14H,3,13H2,1-2H3,(H,27,31)(H,28,30)(H,29,32)/b26-12-/t14-/m1/s1. The third-order valence-electron chi connectivity index (χ3n) is 4.33. The number of para-hydroxylation sites is 1. The Kier molecular flexibility index (Phi) is 8.96. The van der Waals surface area contributed by atoms with E-state index in [4.69, 9.17) is 4.74 Å². The van der Waals surface area contributed by atoms with Gasteiger partial charge in [-0.2, -0.15) is 18.3 Å². The first-order valence-corrected chi connectivity index (χ1v) is 9.93. The topological polar surface area (TPSA) is 109 Å². The molecule has 0 aliphatic carbocycles. The molecule has 3 N–H and O–H groups in total. The number of hydrogen-bond donors (Lipinski definition) is 3. The van der Waals surface area contributed by atoms with E-state index < -0.39 is 36.1 Å². The van der Waals surface area contributed by atoms with Gasteiger partial charge < -0.3 is 15.4 Å². The number of nitrogens with zero attached hydrogens (tertiary/aromatic N) is 1. The van der Waals surface area contributed by atoms with Gasteiger partial charge in [-0.25, -0.2) is 5.43 Å². The largest absolute Gasteiger partial charge is 0.484 e. The highest BCUT2D eigenvalue weighted by Gasteiger charge is 2.33. The number of carbonyl (C=O) groups is 3. The number of hydrazone groups is 1. The lowest BCUT2D eigenvalue weighted by atomic mass is 10.1. The van der Waals surface area contributed by atoms with Crippen LogP contribution < -0.4 is 20.8 Å². The van der Waals surface area contributed by atoms with Gasteiger partial charge >= 0.3 is 18.0 Å². The summed E-state index contributed by atoms with van der Waals surface area (Å²) in [6.07, 6.45) is -2.61. The predicted molar refractivity (Wildman–Crippen MR) is 116 cm³/mol. The molecule has 0 saturated carbocycles. The Hall–Kier alpha value is -3.89. The van der Waals surface area contributed by atoms with Gasteiger partial charge in [-0.1, -0.05) is 19.1 Å². The number of nitrogens with one attached hydrogen (secondary N) is 3. The van der Waals surface area contributed by atoms with Crippen LogP contribution in [0.5, 0.6) is 5.75 Å². The highest BCUT2D eigenvalue weighted by molar-refractivity contribution is 6.35. The Morgan fingerprint density at radius 2 is 1.73 bits per heavy atom. The molecule has 0 aliphatic heterocycles. The van der Waals surface area contributed by atoms with Crippen molar-refractivity contribution in [3.8, 4) is 5.75 Å². The first kappa shape index (κ1) is 25.4. The molecule has 0 aliphatic rings. The average molecular weight is 464 g/mol. The Labute approximate surface area is 188 Å². The van der Waals surface area contributed by atoms with E-state index in [0.717, 1.165) is 12.1 Å². The maximum atomic E-state index is 13.0. The highest BCUT2D eigenvalue weighted by atomic mass is 19.4. The minimum atomic E-state index is -4.60. The zero-order chi connectivity index (χ0) is 24.4. The van der Waals surface area contributed by atoms with Crippen LogP contribution in [-0.4, -0.2) is 36.6 Å².